The van der Waals surface area contributed by atoms with Gasteiger partial charge in [-0.3, -0.25) is 5.32 Å². The van der Waals surface area contributed by atoms with Crippen LogP contribution >= 0.6 is 23.2 Å². The number of amides is 1. The van der Waals surface area contributed by atoms with Gasteiger partial charge in [-0.2, -0.15) is 0 Å². The largest absolute Gasteiger partial charge is 0.476 e. The molecule has 0 atom stereocenters. The van der Waals surface area contributed by atoms with Crippen LogP contribution in [0.4, 0.5) is 10.5 Å². The number of nitrogens with zero attached hydrogens (tertiary/aromatic N) is 1. The van der Waals surface area contributed by atoms with Crippen LogP contribution in [0.5, 0.6) is 0 Å². The third-order valence-electron chi connectivity index (χ3n) is 2.59. The quantitative estimate of drug-likeness (QED) is 0.825. The van der Waals surface area contributed by atoms with Crippen LogP contribution in [0.2, 0.25) is 10.2 Å². The van der Waals surface area contributed by atoms with Crippen LogP contribution in [0, 0.1) is 0 Å². The Morgan fingerprint density at radius 3 is 2.55 bits per heavy atom. The maximum absolute atomic E-state index is 11.7. The molecule has 1 aromatic heterocycles. The number of ether oxygens (including phenoxy) is 1. The topological polar surface area (TPSA) is 88.5 Å². The lowest BCUT2D eigenvalue weighted by Gasteiger charge is -2.10. The Hall–Kier alpha value is -2.31. The number of anilines is 1. The first kappa shape index (κ1) is 16.1. The smallest absolute Gasteiger partial charge is 0.412 e. The Labute approximate surface area is 135 Å². The number of nitrogens with one attached hydrogen (secondary N) is 1. The van der Waals surface area contributed by atoms with Crippen LogP contribution in [-0.2, 0) is 11.3 Å². The van der Waals surface area contributed by atoms with Gasteiger partial charge in [0.05, 0.1) is 10.7 Å². The predicted octanol–water partition coefficient (Wildman–Crippen LogP) is 3.84. The van der Waals surface area contributed by atoms with Gasteiger partial charge >= 0.3 is 12.1 Å². The number of carboxylic acids is 1. The molecule has 1 aromatic carbocycles. The van der Waals surface area contributed by atoms with Gasteiger partial charge in [0, 0.05) is 0 Å². The van der Waals surface area contributed by atoms with Crippen LogP contribution in [0.25, 0.3) is 0 Å². The lowest BCUT2D eigenvalue weighted by molar-refractivity contribution is 0.0691. The minimum Gasteiger partial charge on any atom is -0.476 e. The fraction of sp³-hybridized carbons (Fsp3) is 0.0714. The molecule has 2 aromatic rings. The SMILES string of the molecule is O=C(Nc1cc(Cl)c(Cl)nc1C(=O)O)OCc1ccccc1. The van der Waals surface area contributed by atoms with Gasteiger partial charge in [0.1, 0.15) is 11.8 Å². The van der Waals surface area contributed by atoms with Crippen molar-refractivity contribution in [1.82, 2.24) is 4.98 Å². The minimum absolute atomic E-state index is 0.0185. The molecule has 0 aliphatic heterocycles. The zero-order valence-electron chi connectivity index (χ0n) is 11.0. The highest BCUT2D eigenvalue weighted by molar-refractivity contribution is 6.41. The van der Waals surface area contributed by atoms with Gasteiger partial charge in [-0.05, 0) is 11.6 Å². The molecule has 22 heavy (non-hydrogen) atoms. The summed E-state index contributed by atoms with van der Waals surface area (Å²) in [6.45, 7) is 0.0455. The van der Waals surface area contributed by atoms with E-state index < -0.39 is 17.8 Å². The second-order valence-corrected chi connectivity index (χ2v) is 4.91. The molecule has 0 aliphatic carbocycles. The van der Waals surface area contributed by atoms with E-state index in [0.29, 0.717) is 0 Å². The summed E-state index contributed by atoms with van der Waals surface area (Å²) in [5.41, 5.74) is 0.273. The van der Waals surface area contributed by atoms with Crippen LogP contribution in [0.1, 0.15) is 16.1 Å². The Kier molecular flexibility index (Phi) is 5.19. The number of hydrogen-bond acceptors (Lipinski definition) is 4. The van der Waals surface area contributed by atoms with Crippen LogP contribution in [0.3, 0.4) is 0 Å². The molecule has 2 rings (SSSR count). The second-order valence-electron chi connectivity index (χ2n) is 4.15. The predicted molar refractivity (Wildman–Crippen MR) is 81.5 cm³/mol. The molecular weight excluding hydrogens is 331 g/mol. The highest BCUT2D eigenvalue weighted by atomic mass is 35.5. The van der Waals surface area contributed by atoms with Gasteiger partial charge in [-0.25, -0.2) is 14.6 Å². The van der Waals surface area contributed by atoms with Crippen LogP contribution in [-0.4, -0.2) is 22.2 Å². The monoisotopic (exact) mass is 340 g/mol. The zero-order chi connectivity index (χ0) is 16.1. The van der Waals surface area contributed by atoms with E-state index in [-0.39, 0.29) is 22.5 Å². The molecule has 0 aliphatic rings. The number of hydrogen-bond donors (Lipinski definition) is 2. The number of aromatic carboxylic acids is 1. The highest BCUT2D eigenvalue weighted by Gasteiger charge is 2.18. The van der Waals surface area contributed by atoms with Crippen molar-refractivity contribution in [2.24, 2.45) is 0 Å². The third-order valence-corrected chi connectivity index (χ3v) is 3.26. The summed E-state index contributed by atoms with van der Waals surface area (Å²) < 4.78 is 4.99. The number of rotatable bonds is 4. The molecule has 8 heteroatoms. The molecule has 114 valence electrons. The Balaban J connectivity index is 2.08. The molecule has 0 fully saturated rings. The summed E-state index contributed by atoms with van der Waals surface area (Å²) in [5, 5.41) is 11.2. The number of benzene rings is 1. The number of aromatic nitrogens is 1. The molecule has 1 heterocycles. The zero-order valence-corrected chi connectivity index (χ0v) is 12.6. The van der Waals surface area contributed by atoms with E-state index in [9.17, 15) is 9.59 Å². The van der Waals surface area contributed by atoms with Crippen molar-refractivity contribution < 1.29 is 19.4 Å². The summed E-state index contributed by atoms with van der Waals surface area (Å²) >= 11 is 11.4. The van der Waals surface area contributed by atoms with Crippen molar-refractivity contribution in [3.8, 4) is 0 Å². The first-order valence-corrected chi connectivity index (χ1v) is 6.80. The maximum atomic E-state index is 11.7. The van der Waals surface area contributed by atoms with Gasteiger partial charge in [-0.1, -0.05) is 53.5 Å². The van der Waals surface area contributed by atoms with E-state index in [1.807, 2.05) is 18.2 Å². The molecule has 0 radical (unpaired) electrons. The van der Waals surface area contributed by atoms with Crippen LogP contribution in [0.15, 0.2) is 36.4 Å². The van der Waals surface area contributed by atoms with Gasteiger partial charge in [-0.15, -0.1) is 0 Å². The molecule has 1 amide bonds. The fourth-order valence-corrected chi connectivity index (χ4v) is 1.88. The molecule has 0 saturated heterocycles. The number of halogens is 2. The number of pyridine rings is 1. The van der Waals surface area contributed by atoms with Crippen molar-refractivity contribution in [1.29, 1.82) is 0 Å². The molecular formula is C14H10Cl2N2O4. The highest BCUT2D eigenvalue weighted by Crippen LogP contribution is 2.26. The molecule has 0 unspecified atom stereocenters. The van der Waals surface area contributed by atoms with Gasteiger partial charge < -0.3 is 9.84 Å². The standard InChI is InChI=1S/C14H10Cl2N2O4/c15-9-6-10(11(13(19)20)18-12(9)16)17-14(21)22-7-8-4-2-1-3-5-8/h1-6H,7H2,(H,17,21)(H,19,20). The van der Waals surface area contributed by atoms with Crippen molar-refractivity contribution in [3.05, 3.63) is 57.8 Å². The van der Waals surface area contributed by atoms with Gasteiger partial charge in [0.25, 0.3) is 0 Å². The summed E-state index contributed by atoms with van der Waals surface area (Å²) in [6.07, 6.45) is -0.827. The first-order chi connectivity index (χ1) is 10.5. The lowest BCUT2D eigenvalue weighted by atomic mass is 10.2. The second kappa shape index (κ2) is 7.11. The number of carbonyl (C=O) groups excluding carboxylic acids is 1. The molecule has 2 N–H and O–H groups in total. The molecule has 0 bridgehead atoms. The maximum Gasteiger partial charge on any atom is 0.412 e. The summed E-state index contributed by atoms with van der Waals surface area (Å²) in [4.78, 5) is 26.4. The molecule has 0 spiro atoms. The molecule has 6 nitrogen and oxygen atoms in total. The Bertz CT molecular complexity index is 707. The van der Waals surface area contributed by atoms with E-state index in [2.05, 4.69) is 10.3 Å². The molecule has 0 saturated carbocycles. The van der Waals surface area contributed by atoms with E-state index in [0.717, 1.165) is 5.56 Å². The van der Waals surface area contributed by atoms with Crippen LogP contribution < -0.4 is 5.32 Å². The lowest BCUT2D eigenvalue weighted by Crippen LogP contribution is -2.17. The van der Waals surface area contributed by atoms with Gasteiger partial charge in [0.15, 0.2) is 5.69 Å². The van der Waals surface area contributed by atoms with E-state index in [4.69, 9.17) is 33.0 Å². The summed E-state index contributed by atoms with van der Waals surface area (Å²) in [5.74, 6) is -1.35. The van der Waals surface area contributed by atoms with E-state index in [1.165, 1.54) is 6.07 Å². The number of carboxylic acid groups (broad SMARTS) is 1. The summed E-state index contributed by atoms with van der Waals surface area (Å²) in [7, 11) is 0. The Morgan fingerprint density at radius 1 is 1.23 bits per heavy atom. The van der Waals surface area contributed by atoms with Crippen molar-refractivity contribution >= 4 is 41.0 Å². The van der Waals surface area contributed by atoms with Crippen molar-refractivity contribution in [2.75, 3.05) is 5.32 Å². The average molecular weight is 341 g/mol. The van der Waals surface area contributed by atoms with Gasteiger partial charge in [0.2, 0.25) is 0 Å². The normalized spacial score (nSPS) is 10.1. The minimum atomic E-state index is -1.35. The number of carbonyl (C=O) groups is 2. The third kappa shape index (κ3) is 4.09. The van der Waals surface area contributed by atoms with Crippen molar-refractivity contribution in [2.45, 2.75) is 6.61 Å². The summed E-state index contributed by atoms with van der Waals surface area (Å²) in [6, 6.07) is 10.2. The van der Waals surface area contributed by atoms with E-state index >= 15 is 0 Å². The van der Waals surface area contributed by atoms with E-state index in [1.54, 1.807) is 12.1 Å². The Morgan fingerprint density at radius 2 is 1.91 bits per heavy atom. The first-order valence-electron chi connectivity index (χ1n) is 6.04. The average Bonchev–Trinajstić information content (AvgIpc) is 2.49. The fourth-order valence-electron chi connectivity index (χ4n) is 1.59. The van der Waals surface area contributed by atoms with Crippen molar-refractivity contribution in [3.63, 3.8) is 0 Å².